The number of hydrogen-bond donors (Lipinski definition) is 11. The molecule has 19 nitrogen and oxygen atoms in total. The summed E-state index contributed by atoms with van der Waals surface area (Å²) >= 11 is 0. The van der Waals surface area contributed by atoms with Crippen LogP contribution in [0.15, 0.2) is 11.6 Å². The smallest absolute Gasteiger partial charge is 0.315 e. The molecule has 0 amide bonds. The first-order chi connectivity index (χ1) is 31.4. The van der Waals surface area contributed by atoms with Gasteiger partial charge in [0.1, 0.15) is 67.1 Å². The Morgan fingerprint density at radius 2 is 1.24 bits per heavy atom. The van der Waals surface area contributed by atoms with Gasteiger partial charge >= 0.3 is 11.9 Å². The maximum atomic E-state index is 14.7. The topological polar surface area (TPSA) is 312 Å². The van der Waals surface area contributed by atoms with Gasteiger partial charge < -0.3 is 84.6 Å². The van der Waals surface area contributed by atoms with Crippen molar-refractivity contribution < 1.29 is 94.2 Å². The van der Waals surface area contributed by atoms with E-state index in [2.05, 4.69) is 47.6 Å². The van der Waals surface area contributed by atoms with E-state index in [-0.39, 0.29) is 41.9 Å². The van der Waals surface area contributed by atoms with Gasteiger partial charge in [-0.1, -0.05) is 53.2 Å². The summed E-state index contributed by atoms with van der Waals surface area (Å²) in [6.07, 6.45) is -16.3. The molecule has 0 aromatic rings. The number of allylic oxidation sites excluding steroid dienone is 1. The summed E-state index contributed by atoms with van der Waals surface area (Å²) in [6.45, 7) is 13.1. The van der Waals surface area contributed by atoms with Gasteiger partial charge in [0.15, 0.2) is 12.6 Å². The number of fused-ring (bicyclic) bond motifs is 7. The van der Waals surface area contributed by atoms with E-state index in [1.165, 1.54) is 0 Å². The van der Waals surface area contributed by atoms with E-state index < -0.39 is 151 Å². The van der Waals surface area contributed by atoms with Crippen molar-refractivity contribution in [3.63, 3.8) is 0 Å². The van der Waals surface area contributed by atoms with E-state index in [4.69, 9.17) is 28.4 Å². The zero-order valence-corrected chi connectivity index (χ0v) is 39.7. The number of rotatable bonds is 9. The summed E-state index contributed by atoms with van der Waals surface area (Å²) in [6, 6.07) is 0. The Hall–Kier alpha value is -1.92. The molecule has 0 aromatic carbocycles. The van der Waals surface area contributed by atoms with E-state index in [0.717, 1.165) is 5.57 Å². The van der Waals surface area contributed by atoms with E-state index in [1.807, 2.05) is 0 Å². The van der Waals surface area contributed by atoms with E-state index in [9.17, 15) is 65.8 Å². The lowest BCUT2D eigenvalue weighted by atomic mass is 9.33. The highest BCUT2D eigenvalue weighted by atomic mass is 16.7. The molecule has 3 heterocycles. The molecule has 0 radical (unpaired) electrons. The van der Waals surface area contributed by atoms with Crippen LogP contribution in [-0.2, 0) is 38.0 Å². The second kappa shape index (κ2) is 18.3. The first-order valence-electron chi connectivity index (χ1n) is 24.5. The number of carboxylic acid groups (broad SMARTS) is 1. The molecule has 0 unspecified atom stereocenters. The number of aliphatic hydroxyl groups excluding tert-OH is 10. The average Bonchev–Trinajstić information content (AvgIpc) is 3.28. The van der Waals surface area contributed by atoms with Crippen LogP contribution in [0.25, 0.3) is 0 Å². The molecule has 7 fully saturated rings. The lowest BCUT2D eigenvalue weighted by Crippen LogP contribution is -2.68. The molecule has 4 saturated carbocycles. The van der Waals surface area contributed by atoms with Gasteiger partial charge in [-0.2, -0.15) is 0 Å². The first-order valence-corrected chi connectivity index (χ1v) is 24.5. The second-order valence-electron chi connectivity index (χ2n) is 22.8. The SMILES string of the molecule is C[C@H]1[C@H](C)CC[C@]2(C(=O)O[C@@H]3O[C@H](CO)[C@@H](O)[C@@H](O)[C@@H]3O)CC[C@]3(C(=O)O)C(=CC[C@H]4[C@@]5(C)CC[C@H](O[C@@H]6O[C@H](C)[C@H](O[C@H]7O[C@@H](CO)[C@H](O)[C@@H](O)[C@@H]7O)[C@@H](O)[C@H]6O)C(C)(C)[C@@H]5CC[C@]43C)[C@H]12. The van der Waals surface area contributed by atoms with Gasteiger partial charge in [0, 0.05) is 0 Å². The summed E-state index contributed by atoms with van der Waals surface area (Å²) in [7, 11) is 0. The van der Waals surface area contributed by atoms with E-state index in [0.29, 0.717) is 44.9 Å². The quantitative estimate of drug-likeness (QED) is 0.0829. The molecule has 8 rings (SSSR count). The number of aliphatic carboxylic acids is 1. The van der Waals surface area contributed by atoms with Crippen LogP contribution in [0.3, 0.4) is 0 Å². The van der Waals surface area contributed by atoms with E-state index in [1.54, 1.807) is 6.92 Å². The first kappa shape index (κ1) is 51.4. The predicted molar refractivity (Wildman–Crippen MR) is 231 cm³/mol. The van der Waals surface area contributed by atoms with Crippen molar-refractivity contribution in [3.05, 3.63) is 11.6 Å². The number of ether oxygens (including phenoxy) is 6. The minimum Gasteiger partial charge on any atom is -0.481 e. The third-order valence-corrected chi connectivity index (χ3v) is 19.4. The van der Waals surface area contributed by atoms with Gasteiger partial charge in [-0.3, -0.25) is 9.59 Å². The van der Waals surface area contributed by atoms with Crippen LogP contribution >= 0.6 is 0 Å². The van der Waals surface area contributed by atoms with Crippen LogP contribution in [0.5, 0.6) is 0 Å². The van der Waals surface area contributed by atoms with Crippen molar-refractivity contribution in [2.45, 2.75) is 204 Å². The number of hydrogen-bond acceptors (Lipinski definition) is 18. The standard InChI is InChI=1S/C48H76O19/c1-20-10-15-47(43(61)67-41-36(57)33(54)31(52)25(19-50)64-41)16-17-48(42(59)60)23(29(47)21(20)2)8-9-27-45(6)13-12-28(44(4,5)26(45)11-14-46(27,48)7)65-39-37(58)34(55)38(22(3)62-39)66-40-35(56)32(53)30(51)24(18-49)63-40/h8,20-22,24-41,49-58H,9-19H2,1-7H3,(H,59,60)/t20-,21+,22-,24+,25-,26+,27+,28+,29+,30+,31-,32-,33-,34+,35+,36+,37-,38+,39+,40-,41+,45+,46-,47+,48-/m1/s1. The van der Waals surface area contributed by atoms with E-state index >= 15 is 0 Å². The Morgan fingerprint density at radius 1 is 0.657 bits per heavy atom. The highest BCUT2D eigenvalue weighted by molar-refractivity contribution is 5.85. The molecular weight excluding hydrogens is 881 g/mol. The van der Waals surface area contributed by atoms with Crippen molar-refractivity contribution in [2.24, 2.45) is 56.7 Å². The monoisotopic (exact) mass is 956 g/mol. The Labute approximate surface area is 391 Å². The molecule has 19 heteroatoms. The van der Waals surface area contributed by atoms with Crippen LogP contribution in [0.2, 0.25) is 0 Å². The highest BCUT2D eigenvalue weighted by Gasteiger charge is 2.74. The number of carbonyl (C=O) groups is 2. The summed E-state index contributed by atoms with van der Waals surface area (Å²) in [5.74, 6) is -2.10. The molecule has 0 bridgehead atoms. The second-order valence-corrected chi connectivity index (χ2v) is 22.8. The Balaban J connectivity index is 1.03. The summed E-state index contributed by atoms with van der Waals surface area (Å²) in [5.41, 5.74) is -3.35. The summed E-state index contributed by atoms with van der Waals surface area (Å²) < 4.78 is 35.6. The molecule has 0 spiro atoms. The Morgan fingerprint density at radius 3 is 1.85 bits per heavy atom. The number of carbonyl (C=O) groups excluding carboxylic acids is 1. The van der Waals surface area contributed by atoms with Crippen molar-refractivity contribution >= 4 is 11.9 Å². The minimum atomic E-state index is -1.78. The Kier molecular flexibility index (Phi) is 14.0. The van der Waals surface area contributed by atoms with Crippen molar-refractivity contribution in [3.8, 4) is 0 Å². The maximum Gasteiger partial charge on any atom is 0.315 e. The normalized spacial score (nSPS) is 54.0. The molecule has 382 valence electrons. The molecule has 3 aliphatic heterocycles. The summed E-state index contributed by atoms with van der Waals surface area (Å²) in [4.78, 5) is 29.1. The number of esters is 1. The largest absolute Gasteiger partial charge is 0.481 e. The molecule has 0 aromatic heterocycles. The van der Waals surface area contributed by atoms with Crippen LogP contribution in [-0.4, -0.2) is 180 Å². The molecule has 67 heavy (non-hydrogen) atoms. The fourth-order valence-electron chi connectivity index (χ4n) is 15.4. The number of aliphatic hydroxyl groups is 10. The maximum absolute atomic E-state index is 14.7. The summed E-state index contributed by atoms with van der Waals surface area (Å²) in [5, 5.41) is 117. The lowest BCUT2D eigenvalue weighted by Gasteiger charge is -2.70. The van der Waals surface area contributed by atoms with Crippen LogP contribution < -0.4 is 0 Å². The number of carboxylic acids is 1. The van der Waals surface area contributed by atoms with Crippen LogP contribution in [0, 0.1) is 56.7 Å². The van der Waals surface area contributed by atoms with Gasteiger partial charge in [-0.05, 0) is 111 Å². The van der Waals surface area contributed by atoms with Gasteiger partial charge in [0.05, 0.1) is 36.3 Å². The minimum absolute atomic E-state index is 0.0350. The predicted octanol–water partition coefficient (Wildman–Crippen LogP) is 0.0887. The van der Waals surface area contributed by atoms with Crippen molar-refractivity contribution in [2.75, 3.05) is 13.2 Å². The van der Waals surface area contributed by atoms with Gasteiger partial charge in [-0.25, -0.2) is 0 Å². The van der Waals surface area contributed by atoms with Crippen LogP contribution in [0.1, 0.15) is 106 Å². The highest BCUT2D eigenvalue weighted by Crippen LogP contribution is 2.76. The lowest BCUT2D eigenvalue weighted by molar-refractivity contribution is -0.364. The molecular formula is C48H76O19. The van der Waals surface area contributed by atoms with Gasteiger partial charge in [0.25, 0.3) is 0 Å². The van der Waals surface area contributed by atoms with Gasteiger partial charge in [-0.15, -0.1) is 0 Å². The molecule has 11 N–H and O–H groups in total. The van der Waals surface area contributed by atoms with Crippen molar-refractivity contribution in [1.29, 1.82) is 0 Å². The van der Waals surface area contributed by atoms with Gasteiger partial charge in [0.2, 0.25) is 6.29 Å². The Bertz CT molecular complexity index is 1860. The fourth-order valence-corrected chi connectivity index (χ4v) is 15.4. The van der Waals surface area contributed by atoms with Crippen molar-refractivity contribution in [1.82, 2.24) is 0 Å². The molecule has 3 saturated heterocycles. The average molecular weight is 957 g/mol. The van der Waals surface area contributed by atoms with Crippen LogP contribution in [0.4, 0.5) is 0 Å². The zero-order chi connectivity index (χ0) is 49.1. The zero-order valence-electron chi connectivity index (χ0n) is 39.7. The third-order valence-electron chi connectivity index (χ3n) is 19.4. The molecule has 5 aliphatic carbocycles. The molecule has 8 aliphatic rings. The molecule has 25 atom stereocenters. The fraction of sp³-hybridized carbons (Fsp3) is 0.917. The third kappa shape index (κ3) is 7.70.